The Bertz CT molecular complexity index is 1280. The van der Waals surface area contributed by atoms with Gasteiger partial charge in [0.1, 0.15) is 5.75 Å². The van der Waals surface area contributed by atoms with E-state index < -0.39 is 22.3 Å². The molecule has 3 aliphatic rings. The van der Waals surface area contributed by atoms with Crippen LogP contribution in [-0.2, 0) is 32.5 Å². The van der Waals surface area contributed by atoms with E-state index >= 15 is 0 Å². The van der Waals surface area contributed by atoms with Crippen molar-refractivity contribution in [2.75, 3.05) is 46.4 Å². The van der Waals surface area contributed by atoms with Crippen molar-refractivity contribution in [3.8, 4) is 5.75 Å². The molecule has 0 spiro atoms. The lowest BCUT2D eigenvalue weighted by molar-refractivity contribution is -0.135. The first-order valence-corrected chi connectivity index (χ1v) is 16.5. The predicted molar refractivity (Wildman–Crippen MR) is 160 cm³/mol. The summed E-state index contributed by atoms with van der Waals surface area (Å²) in [4.78, 5) is 17.2. The fourth-order valence-electron chi connectivity index (χ4n) is 6.85. The van der Waals surface area contributed by atoms with E-state index in [9.17, 15) is 13.2 Å². The molecule has 0 aliphatic carbocycles. The highest BCUT2D eigenvalue weighted by molar-refractivity contribution is 7.89. The second-order valence-corrected chi connectivity index (χ2v) is 13.8. The molecule has 0 saturated carbocycles. The molecule has 0 N–H and O–H groups in total. The molecular formula is C32H45N3O5S. The molecule has 3 aliphatic heterocycles. The lowest BCUT2D eigenvalue weighted by Gasteiger charge is -2.39. The largest absolute Gasteiger partial charge is 0.497 e. The molecule has 41 heavy (non-hydrogen) atoms. The molecule has 0 amide bonds. The first kappa shape index (κ1) is 30.2. The number of piperidine rings is 1. The molecule has 2 aromatic carbocycles. The highest BCUT2D eigenvalue weighted by Gasteiger charge is 2.38. The summed E-state index contributed by atoms with van der Waals surface area (Å²) < 4.78 is 41.6. The van der Waals surface area contributed by atoms with Crippen LogP contribution in [0.25, 0.3) is 0 Å². The van der Waals surface area contributed by atoms with Gasteiger partial charge in [0.2, 0.25) is 10.0 Å². The van der Waals surface area contributed by atoms with E-state index in [4.69, 9.17) is 9.47 Å². The molecule has 2 atom stereocenters. The molecule has 5 rings (SSSR count). The maximum atomic E-state index is 14.2. The maximum absolute atomic E-state index is 14.2. The minimum atomic E-state index is -3.85. The molecule has 8 nitrogen and oxygen atoms in total. The van der Waals surface area contributed by atoms with Gasteiger partial charge in [-0.2, -0.15) is 4.31 Å². The summed E-state index contributed by atoms with van der Waals surface area (Å²) in [6.45, 7) is 9.34. The number of aldehydes is 1. The average molecular weight is 584 g/mol. The zero-order valence-corrected chi connectivity index (χ0v) is 25.6. The van der Waals surface area contributed by atoms with E-state index in [0.717, 1.165) is 43.3 Å². The smallest absolute Gasteiger partial charge is 0.244 e. The molecule has 1 unspecified atom stereocenters. The van der Waals surface area contributed by atoms with Gasteiger partial charge in [0.05, 0.1) is 24.7 Å². The molecule has 9 heteroatoms. The van der Waals surface area contributed by atoms with Gasteiger partial charge in [-0.3, -0.25) is 9.69 Å². The number of hydrogen-bond donors (Lipinski definition) is 0. The number of aryl methyl sites for hydroxylation is 2. The lowest BCUT2D eigenvalue weighted by Crippen LogP contribution is -2.50. The van der Waals surface area contributed by atoms with Crippen molar-refractivity contribution in [1.82, 2.24) is 14.1 Å². The van der Waals surface area contributed by atoms with Crippen LogP contribution in [0.2, 0.25) is 0 Å². The summed E-state index contributed by atoms with van der Waals surface area (Å²) >= 11 is 0. The van der Waals surface area contributed by atoms with Gasteiger partial charge in [0.15, 0.2) is 12.5 Å². The van der Waals surface area contributed by atoms with Gasteiger partial charge < -0.3 is 14.4 Å². The Morgan fingerprint density at radius 1 is 1.00 bits per heavy atom. The Labute approximate surface area is 245 Å². The zero-order chi connectivity index (χ0) is 29.0. The van der Waals surface area contributed by atoms with E-state index in [0.29, 0.717) is 34.1 Å². The van der Waals surface area contributed by atoms with Crippen LogP contribution in [0.5, 0.6) is 5.75 Å². The topological polar surface area (TPSA) is 79.4 Å². The summed E-state index contributed by atoms with van der Waals surface area (Å²) in [5.74, 6) is 1.32. The van der Waals surface area contributed by atoms with Gasteiger partial charge in [-0.15, -0.1) is 0 Å². The number of carbonyl (C=O) groups excluding carboxylic acids is 1. The summed E-state index contributed by atoms with van der Waals surface area (Å²) in [7, 11) is -2.27. The van der Waals surface area contributed by atoms with E-state index in [1.54, 1.807) is 23.5 Å². The number of ether oxygens (including phenoxy) is 2. The van der Waals surface area contributed by atoms with Crippen LogP contribution >= 0.6 is 0 Å². The number of rotatable bonds is 11. The minimum absolute atomic E-state index is 0.153. The average Bonchev–Trinajstić information content (AvgIpc) is 3.50. The highest BCUT2D eigenvalue weighted by Crippen LogP contribution is 2.34. The number of sulfonamides is 1. The van der Waals surface area contributed by atoms with Gasteiger partial charge in [0, 0.05) is 19.6 Å². The Balaban J connectivity index is 1.28. The number of methoxy groups -OCH3 is 1. The molecule has 0 bridgehead atoms. The van der Waals surface area contributed by atoms with Crippen LogP contribution in [0.4, 0.5) is 0 Å². The Morgan fingerprint density at radius 2 is 1.66 bits per heavy atom. The third-order valence-electron chi connectivity index (χ3n) is 9.18. The SMILES string of the molecule is COc1cc(C)c(S(=O)(=O)N2Cc3ccccc3CC2CO[C@@H](C=O)N2CCC(CCN3CCCC3)CC2)c(C)c1. The number of nitrogens with zero attached hydrogens (tertiary/aromatic N) is 3. The minimum Gasteiger partial charge on any atom is -0.497 e. The molecule has 2 saturated heterocycles. The van der Waals surface area contributed by atoms with Gasteiger partial charge in [0.25, 0.3) is 0 Å². The lowest BCUT2D eigenvalue weighted by atomic mass is 9.93. The summed E-state index contributed by atoms with van der Waals surface area (Å²) in [5.41, 5.74) is 3.42. The number of benzene rings is 2. The predicted octanol–water partition coefficient (Wildman–Crippen LogP) is 4.17. The highest BCUT2D eigenvalue weighted by atomic mass is 32.2. The fourth-order valence-corrected chi connectivity index (χ4v) is 8.85. The number of fused-ring (bicyclic) bond motifs is 1. The quantitative estimate of drug-likeness (QED) is 0.368. The summed E-state index contributed by atoms with van der Waals surface area (Å²) in [6, 6.07) is 11.1. The maximum Gasteiger partial charge on any atom is 0.244 e. The molecule has 2 fully saturated rings. The van der Waals surface area contributed by atoms with Gasteiger partial charge >= 0.3 is 0 Å². The van der Waals surface area contributed by atoms with Crippen molar-refractivity contribution < 1.29 is 22.7 Å². The Morgan fingerprint density at radius 3 is 2.29 bits per heavy atom. The molecule has 3 heterocycles. The summed E-state index contributed by atoms with van der Waals surface area (Å²) in [5, 5.41) is 0. The van der Waals surface area contributed by atoms with E-state index in [1.165, 1.54) is 38.9 Å². The van der Waals surface area contributed by atoms with Crippen molar-refractivity contribution in [3.63, 3.8) is 0 Å². The third-order valence-corrected chi connectivity index (χ3v) is 11.4. The first-order valence-electron chi connectivity index (χ1n) is 15.1. The molecule has 0 aromatic heterocycles. The van der Waals surface area contributed by atoms with E-state index in [2.05, 4.69) is 15.9 Å². The van der Waals surface area contributed by atoms with Gasteiger partial charge in [-0.05, 0) is 112 Å². The molecule has 2 aromatic rings. The second-order valence-electron chi connectivity index (χ2n) is 11.9. The Kier molecular flexibility index (Phi) is 9.81. The van der Waals surface area contributed by atoms with Crippen molar-refractivity contribution in [2.24, 2.45) is 5.92 Å². The van der Waals surface area contributed by atoms with Crippen LogP contribution in [0.1, 0.15) is 54.4 Å². The molecule has 0 radical (unpaired) electrons. The number of likely N-dealkylation sites (tertiary alicyclic amines) is 2. The van der Waals surface area contributed by atoms with Crippen LogP contribution < -0.4 is 4.74 Å². The summed E-state index contributed by atoms with van der Waals surface area (Å²) in [6.07, 6.45) is 6.73. The molecule has 224 valence electrons. The van der Waals surface area contributed by atoms with Crippen molar-refractivity contribution in [2.45, 2.75) is 76.1 Å². The number of carbonyl (C=O) groups is 1. The monoisotopic (exact) mass is 583 g/mol. The van der Waals surface area contributed by atoms with Crippen molar-refractivity contribution in [3.05, 3.63) is 58.7 Å². The third kappa shape index (κ3) is 6.86. The zero-order valence-electron chi connectivity index (χ0n) is 24.8. The second kappa shape index (κ2) is 13.3. The normalized spacial score (nSPS) is 22.0. The van der Waals surface area contributed by atoms with Crippen LogP contribution in [-0.4, -0.2) is 87.5 Å². The van der Waals surface area contributed by atoms with E-state index in [1.807, 2.05) is 32.0 Å². The van der Waals surface area contributed by atoms with Crippen LogP contribution in [0.3, 0.4) is 0 Å². The fraction of sp³-hybridized carbons (Fsp3) is 0.594. The van der Waals surface area contributed by atoms with Crippen LogP contribution in [0, 0.1) is 19.8 Å². The van der Waals surface area contributed by atoms with Gasteiger partial charge in [-0.1, -0.05) is 24.3 Å². The van der Waals surface area contributed by atoms with Gasteiger partial charge in [-0.25, -0.2) is 8.42 Å². The van der Waals surface area contributed by atoms with Crippen molar-refractivity contribution in [1.29, 1.82) is 0 Å². The Hall–Kier alpha value is -2.30. The van der Waals surface area contributed by atoms with E-state index in [-0.39, 0.29) is 13.2 Å². The first-order chi connectivity index (χ1) is 19.8. The van der Waals surface area contributed by atoms with Crippen LogP contribution in [0.15, 0.2) is 41.3 Å². The standard InChI is InChI=1S/C32H45N3O5S/c1-24-18-30(39-3)19-25(2)32(24)41(37,38)35-21-28-9-5-4-8-27(28)20-29(35)23-40-31(22-36)34-16-11-26(12-17-34)10-15-33-13-6-7-14-33/h4-5,8-9,18-19,22,26,29,31H,6-7,10-17,20-21,23H2,1-3H3/t29?,31-/m0/s1. The van der Waals surface area contributed by atoms with Crippen molar-refractivity contribution >= 4 is 16.3 Å². The molecular weight excluding hydrogens is 538 g/mol. The number of hydrogen-bond acceptors (Lipinski definition) is 7.